The SMILES string of the molecule is CC(CCc1ccc(-c2ccc(C#C[C@@H]3C[C@H]3CO)cc2)cc1)(C(=O)NO)S(C)(=O)=O. The van der Waals surface area contributed by atoms with Gasteiger partial charge in [0, 0.05) is 24.3 Å². The van der Waals surface area contributed by atoms with Crippen LogP contribution in [0.1, 0.15) is 30.9 Å². The summed E-state index contributed by atoms with van der Waals surface area (Å²) in [5.74, 6) is 6.06. The van der Waals surface area contributed by atoms with Gasteiger partial charge >= 0.3 is 0 Å². The molecule has 3 atom stereocenters. The Morgan fingerprint density at radius 1 is 1.13 bits per heavy atom. The molecule has 0 bridgehead atoms. The first-order valence-corrected chi connectivity index (χ1v) is 12.0. The van der Waals surface area contributed by atoms with Gasteiger partial charge in [0.2, 0.25) is 0 Å². The molecule has 1 unspecified atom stereocenters. The third-order valence-electron chi connectivity index (χ3n) is 6.02. The van der Waals surface area contributed by atoms with Crippen LogP contribution in [0.4, 0.5) is 0 Å². The summed E-state index contributed by atoms with van der Waals surface area (Å²) in [7, 11) is -3.71. The fraction of sp³-hybridized carbons (Fsp3) is 0.375. The molecular formula is C24H27NO5S. The van der Waals surface area contributed by atoms with E-state index >= 15 is 0 Å². The van der Waals surface area contributed by atoms with Gasteiger partial charge in [0.05, 0.1) is 0 Å². The van der Waals surface area contributed by atoms with Gasteiger partial charge in [-0.3, -0.25) is 10.0 Å². The van der Waals surface area contributed by atoms with E-state index in [1.165, 1.54) is 12.4 Å². The molecule has 0 radical (unpaired) electrons. The molecule has 1 amide bonds. The molecule has 2 aromatic rings. The summed E-state index contributed by atoms with van der Waals surface area (Å²) in [5.41, 5.74) is 5.36. The molecule has 1 aliphatic carbocycles. The second-order valence-corrected chi connectivity index (χ2v) is 10.7. The van der Waals surface area contributed by atoms with E-state index in [2.05, 4.69) is 11.8 Å². The van der Waals surface area contributed by atoms with Gasteiger partial charge in [-0.1, -0.05) is 48.2 Å². The molecule has 7 heteroatoms. The lowest BCUT2D eigenvalue weighted by atomic mass is 9.97. The Labute approximate surface area is 183 Å². The molecule has 31 heavy (non-hydrogen) atoms. The van der Waals surface area contributed by atoms with Crippen molar-refractivity contribution in [2.75, 3.05) is 12.9 Å². The largest absolute Gasteiger partial charge is 0.396 e. The van der Waals surface area contributed by atoms with Crippen LogP contribution in [-0.4, -0.2) is 42.2 Å². The van der Waals surface area contributed by atoms with Crippen LogP contribution in [0.2, 0.25) is 0 Å². The Balaban J connectivity index is 1.65. The van der Waals surface area contributed by atoms with E-state index in [1.807, 2.05) is 48.5 Å². The van der Waals surface area contributed by atoms with Crippen LogP contribution < -0.4 is 5.48 Å². The number of carbonyl (C=O) groups is 1. The zero-order valence-electron chi connectivity index (χ0n) is 17.6. The highest BCUT2D eigenvalue weighted by Gasteiger charge is 2.43. The number of nitrogens with one attached hydrogen (secondary N) is 1. The lowest BCUT2D eigenvalue weighted by molar-refractivity contribution is -0.131. The molecular weight excluding hydrogens is 414 g/mol. The number of carbonyl (C=O) groups excluding carboxylic acids is 1. The molecule has 0 aromatic heterocycles. The first kappa shape index (κ1) is 23.0. The van der Waals surface area contributed by atoms with Gasteiger partial charge in [0.25, 0.3) is 5.91 Å². The van der Waals surface area contributed by atoms with Crippen molar-refractivity contribution in [2.24, 2.45) is 11.8 Å². The maximum Gasteiger partial charge on any atom is 0.264 e. The van der Waals surface area contributed by atoms with E-state index in [9.17, 15) is 13.2 Å². The zero-order valence-corrected chi connectivity index (χ0v) is 18.4. The number of aryl methyl sites for hydroxylation is 1. The van der Waals surface area contributed by atoms with Crippen molar-refractivity contribution in [1.29, 1.82) is 0 Å². The quantitative estimate of drug-likeness (QED) is 0.348. The van der Waals surface area contributed by atoms with Crippen LogP contribution in [0.25, 0.3) is 11.1 Å². The topological polar surface area (TPSA) is 104 Å². The highest BCUT2D eigenvalue weighted by atomic mass is 32.2. The zero-order chi connectivity index (χ0) is 22.6. The van der Waals surface area contributed by atoms with Crippen molar-refractivity contribution in [3.05, 3.63) is 59.7 Å². The van der Waals surface area contributed by atoms with Gasteiger partial charge in [0.15, 0.2) is 9.84 Å². The second-order valence-electron chi connectivity index (χ2n) is 8.27. The van der Waals surface area contributed by atoms with Crippen molar-refractivity contribution in [1.82, 2.24) is 5.48 Å². The van der Waals surface area contributed by atoms with E-state index < -0.39 is 20.5 Å². The van der Waals surface area contributed by atoms with Gasteiger partial charge < -0.3 is 5.11 Å². The maximum atomic E-state index is 12.1. The third-order valence-corrected chi connectivity index (χ3v) is 8.05. The minimum absolute atomic E-state index is 0.0586. The number of aliphatic hydroxyl groups excluding tert-OH is 1. The average Bonchev–Trinajstić information content (AvgIpc) is 3.54. The summed E-state index contributed by atoms with van der Waals surface area (Å²) in [5, 5.41) is 18.0. The Morgan fingerprint density at radius 3 is 2.19 bits per heavy atom. The van der Waals surface area contributed by atoms with E-state index in [4.69, 9.17) is 10.3 Å². The number of hydroxylamine groups is 1. The van der Waals surface area contributed by atoms with Crippen molar-refractivity contribution in [3.8, 4) is 23.0 Å². The summed E-state index contributed by atoms with van der Waals surface area (Å²) in [6.07, 6.45) is 2.40. The average molecular weight is 442 g/mol. The summed E-state index contributed by atoms with van der Waals surface area (Å²) in [4.78, 5) is 11.9. The fourth-order valence-corrected chi connectivity index (χ4v) is 4.24. The smallest absolute Gasteiger partial charge is 0.264 e. The number of amides is 1. The predicted molar refractivity (Wildman–Crippen MR) is 119 cm³/mol. The Hall–Kier alpha value is -2.66. The highest BCUT2D eigenvalue weighted by molar-refractivity contribution is 7.92. The highest BCUT2D eigenvalue weighted by Crippen LogP contribution is 2.37. The van der Waals surface area contributed by atoms with E-state index in [0.717, 1.165) is 34.9 Å². The normalized spacial score (nSPS) is 19.6. The molecule has 6 nitrogen and oxygen atoms in total. The van der Waals surface area contributed by atoms with Crippen molar-refractivity contribution >= 4 is 15.7 Å². The number of benzene rings is 2. The molecule has 1 saturated carbocycles. The van der Waals surface area contributed by atoms with E-state index in [0.29, 0.717) is 18.3 Å². The molecule has 2 aromatic carbocycles. The summed E-state index contributed by atoms with van der Waals surface area (Å²) in [6, 6.07) is 15.7. The summed E-state index contributed by atoms with van der Waals surface area (Å²) >= 11 is 0. The van der Waals surface area contributed by atoms with Crippen LogP contribution in [0.3, 0.4) is 0 Å². The van der Waals surface area contributed by atoms with Crippen LogP contribution in [0.15, 0.2) is 48.5 Å². The standard InChI is InChI=1S/C24H27NO5S/c1-24(23(27)25-28,31(2,29)30)14-13-18-5-10-20(11-6-18)19-8-3-17(4-9-19)7-12-21-15-22(21)16-26/h3-6,8-11,21-22,26,28H,13-16H2,1-2H3,(H,25,27)/t21-,22+,24?/m1/s1. The number of rotatable bonds is 7. The molecule has 0 saturated heterocycles. The van der Waals surface area contributed by atoms with E-state index in [1.54, 1.807) is 0 Å². The summed E-state index contributed by atoms with van der Waals surface area (Å²) < 4.78 is 22.4. The van der Waals surface area contributed by atoms with Crippen LogP contribution in [0.5, 0.6) is 0 Å². The van der Waals surface area contributed by atoms with Gasteiger partial charge in [-0.25, -0.2) is 13.9 Å². The van der Waals surface area contributed by atoms with Crippen molar-refractivity contribution < 1.29 is 23.5 Å². The monoisotopic (exact) mass is 441 g/mol. The van der Waals surface area contributed by atoms with Crippen molar-refractivity contribution in [2.45, 2.75) is 30.9 Å². The van der Waals surface area contributed by atoms with Crippen LogP contribution in [0, 0.1) is 23.7 Å². The predicted octanol–water partition coefficient (Wildman–Crippen LogP) is 2.57. The molecule has 3 N–H and O–H groups in total. The maximum absolute atomic E-state index is 12.1. The van der Waals surface area contributed by atoms with Gasteiger partial charge in [-0.05, 0) is 60.9 Å². The molecule has 1 fully saturated rings. The van der Waals surface area contributed by atoms with E-state index in [-0.39, 0.29) is 13.0 Å². The lowest BCUT2D eigenvalue weighted by Gasteiger charge is -2.25. The van der Waals surface area contributed by atoms with Crippen LogP contribution in [-0.2, 0) is 21.1 Å². The second kappa shape index (κ2) is 9.23. The fourth-order valence-electron chi connectivity index (χ4n) is 3.38. The molecule has 0 spiro atoms. The number of sulfone groups is 1. The number of aliphatic hydroxyl groups is 1. The van der Waals surface area contributed by atoms with Gasteiger partial charge in [-0.15, -0.1) is 0 Å². The van der Waals surface area contributed by atoms with Gasteiger partial charge in [-0.2, -0.15) is 0 Å². The molecule has 0 heterocycles. The number of hydrogen-bond donors (Lipinski definition) is 3. The third kappa shape index (κ3) is 5.34. The minimum Gasteiger partial charge on any atom is -0.396 e. The Morgan fingerprint density at radius 2 is 1.71 bits per heavy atom. The molecule has 3 rings (SSSR count). The first-order chi connectivity index (χ1) is 14.7. The molecule has 1 aliphatic rings. The number of hydrogen-bond acceptors (Lipinski definition) is 5. The molecule has 164 valence electrons. The molecule has 0 aliphatic heterocycles. The summed E-state index contributed by atoms with van der Waals surface area (Å²) in [6.45, 7) is 1.52. The van der Waals surface area contributed by atoms with Crippen LogP contribution >= 0.6 is 0 Å². The lowest BCUT2D eigenvalue weighted by Crippen LogP contribution is -2.49. The van der Waals surface area contributed by atoms with Crippen molar-refractivity contribution in [3.63, 3.8) is 0 Å². The first-order valence-electron chi connectivity index (χ1n) is 10.1. The Kier molecular flexibility index (Phi) is 6.85. The van der Waals surface area contributed by atoms with Gasteiger partial charge in [0.1, 0.15) is 4.75 Å². The minimum atomic E-state index is -3.71. The Bertz CT molecular complexity index is 1100.